The fourth-order valence-corrected chi connectivity index (χ4v) is 3.26. The van der Waals surface area contributed by atoms with Gasteiger partial charge in [0, 0.05) is 11.5 Å². The SMILES string of the molecule is C=C1C(=O)O[C@@H]2[C@H]3O[C@]3(C)CCC=C(CO)CC[C@@H]12. The van der Waals surface area contributed by atoms with E-state index in [1.165, 1.54) is 0 Å². The summed E-state index contributed by atoms with van der Waals surface area (Å²) in [7, 11) is 0. The second-order valence-electron chi connectivity index (χ2n) is 5.95. The van der Waals surface area contributed by atoms with Crippen LogP contribution in [-0.4, -0.2) is 35.5 Å². The summed E-state index contributed by atoms with van der Waals surface area (Å²) < 4.78 is 11.3. The largest absolute Gasteiger partial charge is 0.455 e. The molecule has 0 spiro atoms. The fraction of sp³-hybridized carbons (Fsp3) is 0.667. The summed E-state index contributed by atoms with van der Waals surface area (Å²) >= 11 is 0. The number of hydrogen-bond acceptors (Lipinski definition) is 4. The summed E-state index contributed by atoms with van der Waals surface area (Å²) in [6, 6.07) is 0. The van der Waals surface area contributed by atoms with Gasteiger partial charge in [-0.2, -0.15) is 0 Å². The monoisotopic (exact) mass is 264 g/mol. The number of fused-ring (bicyclic) bond motifs is 3. The first kappa shape index (κ1) is 12.9. The lowest BCUT2D eigenvalue weighted by molar-refractivity contribution is -0.140. The molecular weight excluding hydrogens is 244 g/mol. The normalized spacial score (nSPS) is 42.0. The van der Waals surface area contributed by atoms with E-state index in [-0.39, 0.29) is 36.3 Å². The van der Waals surface area contributed by atoms with Crippen LogP contribution in [0.25, 0.3) is 0 Å². The van der Waals surface area contributed by atoms with Crippen LogP contribution in [0.1, 0.15) is 32.6 Å². The standard InChI is InChI=1S/C15H20O4/c1-9-11-6-5-10(8-16)4-3-7-15(2)13(19-15)12(11)18-14(9)17/h4,11-13,16H,1,3,5-8H2,2H3/t11-,12-,13+,15+/m0/s1. The first-order valence-corrected chi connectivity index (χ1v) is 6.91. The molecule has 2 aliphatic heterocycles. The highest BCUT2D eigenvalue weighted by Gasteiger charge is 2.61. The molecule has 3 aliphatic rings. The summed E-state index contributed by atoms with van der Waals surface area (Å²) in [5, 5.41) is 9.35. The van der Waals surface area contributed by atoms with Crippen LogP contribution in [0.15, 0.2) is 23.8 Å². The Kier molecular flexibility index (Phi) is 3.02. The highest BCUT2D eigenvalue weighted by Crippen LogP contribution is 2.49. The molecule has 0 bridgehead atoms. The van der Waals surface area contributed by atoms with Gasteiger partial charge in [-0.25, -0.2) is 4.79 Å². The Morgan fingerprint density at radius 3 is 3.11 bits per heavy atom. The van der Waals surface area contributed by atoms with E-state index in [1.54, 1.807) is 0 Å². The first-order chi connectivity index (χ1) is 9.05. The van der Waals surface area contributed by atoms with Crippen molar-refractivity contribution in [1.29, 1.82) is 0 Å². The molecular formula is C15H20O4. The predicted molar refractivity (Wildman–Crippen MR) is 69.4 cm³/mol. The third-order valence-corrected chi connectivity index (χ3v) is 4.64. The van der Waals surface area contributed by atoms with E-state index in [0.29, 0.717) is 5.57 Å². The van der Waals surface area contributed by atoms with Gasteiger partial charge in [0.05, 0.1) is 12.2 Å². The van der Waals surface area contributed by atoms with Gasteiger partial charge < -0.3 is 14.6 Å². The zero-order valence-corrected chi connectivity index (χ0v) is 11.2. The van der Waals surface area contributed by atoms with Crippen molar-refractivity contribution >= 4 is 5.97 Å². The smallest absolute Gasteiger partial charge is 0.334 e. The average molecular weight is 264 g/mol. The number of rotatable bonds is 1. The summed E-state index contributed by atoms with van der Waals surface area (Å²) in [5.74, 6) is -0.269. The van der Waals surface area contributed by atoms with Crippen LogP contribution in [0, 0.1) is 5.92 Å². The molecule has 2 saturated heterocycles. The Labute approximate surface area is 113 Å². The molecule has 0 unspecified atom stereocenters. The molecule has 19 heavy (non-hydrogen) atoms. The number of carbonyl (C=O) groups excluding carboxylic acids is 1. The Hall–Kier alpha value is -1.13. The molecule has 2 fully saturated rings. The van der Waals surface area contributed by atoms with Gasteiger partial charge in [-0.1, -0.05) is 12.7 Å². The van der Waals surface area contributed by atoms with Crippen molar-refractivity contribution in [2.45, 2.75) is 50.4 Å². The second kappa shape index (κ2) is 4.46. The molecule has 0 saturated carbocycles. The Bertz CT molecular complexity index is 453. The minimum atomic E-state index is -0.290. The molecule has 104 valence electrons. The topological polar surface area (TPSA) is 59.1 Å². The van der Waals surface area contributed by atoms with Gasteiger partial charge in [0.15, 0.2) is 0 Å². The third-order valence-electron chi connectivity index (χ3n) is 4.64. The van der Waals surface area contributed by atoms with E-state index in [9.17, 15) is 9.90 Å². The fourth-order valence-electron chi connectivity index (χ4n) is 3.26. The van der Waals surface area contributed by atoms with Crippen molar-refractivity contribution in [2.24, 2.45) is 5.92 Å². The van der Waals surface area contributed by atoms with Gasteiger partial charge in [-0.05, 0) is 38.2 Å². The summed E-state index contributed by atoms with van der Waals surface area (Å²) in [4.78, 5) is 11.7. The lowest BCUT2D eigenvalue weighted by Gasteiger charge is -2.19. The maximum Gasteiger partial charge on any atom is 0.334 e. The number of aliphatic hydroxyl groups is 1. The minimum Gasteiger partial charge on any atom is -0.455 e. The van der Waals surface area contributed by atoms with E-state index in [1.807, 2.05) is 0 Å². The van der Waals surface area contributed by atoms with Crippen molar-refractivity contribution in [2.75, 3.05) is 6.61 Å². The molecule has 0 aromatic heterocycles. The number of hydrogen-bond donors (Lipinski definition) is 1. The van der Waals surface area contributed by atoms with Gasteiger partial charge in [0.25, 0.3) is 0 Å². The quantitative estimate of drug-likeness (QED) is 0.339. The Balaban J connectivity index is 1.86. The van der Waals surface area contributed by atoms with Crippen LogP contribution in [0.2, 0.25) is 0 Å². The summed E-state index contributed by atoms with van der Waals surface area (Å²) in [6.45, 7) is 6.01. The zero-order chi connectivity index (χ0) is 13.6. The summed E-state index contributed by atoms with van der Waals surface area (Å²) in [6.07, 6.45) is 5.29. The highest BCUT2D eigenvalue weighted by molar-refractivity contribution is 5.91. The number of aliphatic hydroxyl groups excluding tert-OH is 1. The van der Waals surface area contributed by atoms with Gasteiger partial charge >= 0.3 is 5.97 Å². The lowest BCUT2D eigenvalue weighted by Crippen LogP contribution is -2.29. The third kappa shape index (κ3) is 2.13. The van der Waals surface area contributed by atoms with Crippen LogP contribution < -0.4 is 0 Å². The molecule has 0 amide bonds. The van der Waals surface area contributed by atoms with Gasteiger partial charge in [0.2, 0.25) is 0 Å². The van der Waals surface area contributed by atoms with Crippen molar-refractivity contribution in [3.63, 3.8) is 0 Å². The number of esters is 1. The van der Waals surface area contributed by atoms with Crippen LogP contribution in [0.4, 0.5) is 0 Å². The van der Waals surface area contributed by atoms with E-state index in [2.05, 4.69) is 19.6 Å². The van der Waals surface area contributed by atoms with Gasteiger partial charge in [-0.3, -0.25) is 0 Å². The van der Waals surface area contributed by atoms with E-state index >= 15 is 0 Å². The average Bonchev–Trinajstić information content (AvgIpc) is 2.97. The van der Waals surface area contributed by atoms with Gasteiger partial charge in [-0.15, -0.1) is 0 Å². The minimum absolute atomic E-state index is 0.00442. The van der Waals surface area contributed by atoms with Crippen molar-refractivity contribution in [3.05, 3.63) is 23.8 Å². The maximum absolute atomic E-state index is 11.7. The van der Waals surface area contributed by atoms with Crippen LogP contribution in [0.3, 0.4) is 0 Å². The first-order valence-electron chi connectivity index (χ1n) is 6.91. The molecule has 4 atom stereocenters. The molecule has 3 rings (SSSR count). The van der Waals surface area contributed by atoms with E-state index in [4.69, 9.17) is 9.47 Å². The van der Waals surface area contributed by atoms with Crippen LogP contribution in [0.5, 0.6) is 0 Å². The molecule has 0 aromatic carbocycles. The molecule has 1 N–H and O–H groups in total. The molecule has 2 heterocycles. The second-order valence-corrected chi connectivity index (χ2v) is 5.95. The van der Waals surface area contributed by atoms with Crippen LogP contribution in [-0.2, 0) is 14.3 Å². The Morgan fingerprint density at radius 1 is 1.58 bits per heavy atom. The molecule has 0 radical (unpaired) electrons. The van der Waals surface area contributed by atoms with Crippen LogP contribution >= 0.6 is 0 Å². The molecule has 4 heteroatoms. The van der Waals surface area contributed by atoms with Crippen molar-refractivity contribution in [3.8, 4) is 0 Å². The Morgan fingerprint density at radius 2 is 2.37 bits per heavy atom. The number of ether oxygens (including phenoxy) is 2. The lowest BCUT2D eigenvalue weighted by atomic mass is 9.84. The van der Waals surface area contributed by atoms with Crippen molar-refractivity contribution in [1.82, 2.24) is 0 Å². The number of allylic oxidation sites excluding steroid dienone is 1. The predicted octanol–water partition coefficient (Wildman–Crippen LogP) is 1.73. The van der Waals surface area contributed by atoms with Gasteiger partial charge in [0.1, 0.15) is 12.2 Å². The molecule has 1 aliphatic carbocycles. The van der Waals surface area contributed by atoms with Crippen molar-refractivity contribution < 1.29 is 19.4 Å². The number of carbonyl (C=O) groups is 1. The summed E-state index contributed by atoms with van der Waals surface area (Å²) in [5.41, 5.74) is 1.40. The van der Waals surface area contributed by atoms with E-state index < -0.39 is 0 Å². The number of epoxide rings is 1. The maximum atomic E-state index is 11.7. The molecule has 0 aromatic rings. The molecule has 4 nitrogen and oxygen atoms in total. The zero-order valence-electron chi connectivity index (χ0n) is 11.2. The highest BCUT2D eigenvalue weighted by atomic mass is 16.6. The van der Waals surface area contributed by atoms with E-state index in [0.717, 1.165) is 31.3 Å².